The molecule has 0 spiro atoms. The number of benzene rings is 1. The molecule has 3 heteroatoms. The van der Waals surface area contributed by atoms with Crippen molar-refractivity contribution in [1.82, 2.24) is 0 Å². The molecule has 17 heavy (non-hydrogen) atoms. The zero-order valence-corrected chi connectivity index (χ0v) is 10.3. The number of rotatable bonds is 3. The Labute approximate surface area is 102 Å². The molecule has 1 aliphatic carbocycles. The van der Waals surface area contributed by atoms with Crippen LogP contribution >= 0.6 is 0 Å². The minimum absolute atomic E-state index is 0.0185. The summed E-state index contributed by atoms with van der Waals surface area (Å²) in [5, 5.41) is 8.52. The van der Waals surface area contributed by atoms with Crippen molar-refractivity contribution in [2.75, 3.05) is 13.7 Å². The molecule has 1 fully saturated rings. The van der Waals surface area contributed by atoms with Crippen molar-refractivity contribution in [3.63, 3.8) is 0 Å². The summed E-state index contributed by atoms with van der Waals surface area (Å²) in [6.45, 7) is 0.764. The molecule has 94 valence electrons. The second-order valence-corrected chi connectivity index (χ2v) is 4.16. The van der Waals surface area contributed by atoms with Crippen LogP contribution in [0.25, 0.3) is 0 Å². The molecule has 0 saturated heterocycles. The van der Waals surface area contributed by atoms with Crippen LogP contribution in [-0.4, -0.2) is 24.6 Å². The molecule has 0 bridgehead atoms. The fourth-order valence-electron chi connectivity index (χ4n) is 1.82. The van der Waals surface area contributed by atoms with E-state index in [-0.39, 0.29) is 18.3 Å². The highest BCUT2D eigenvalue weighted by Gasteiger charge is 2.22. The predicted octanol–water partition coefficient (Wildman–Crippen LogP) is 2.18. The van der Waals surface area contributed by atoms with Gasteiger partial charge in [-0.05, 0) is 18.4 Å². The Bertz CT molecular complexity index is 321. The second kappa shape index (κ2) is 7.98. The number of aliphatic hydroxyl groups is 1. The summed E-state index contributed by atoms with van der Waals surface area (Å²) in [5.41, 5.74) is 1.22. The zero-order chi connectivity index (χ0) is 12.5. The van der Waals surface area contributed by atoms with Gasteiger partial charge >= 0.3 is 0 Å². The SMILES string of the molecule is COCc1ccccc1.O=C1CCCC1CO. The van der Waals surface area contributed by atoms with E-state index < -0.39 is 0 Å². The first-order chi connectivity index (χ1) is 8.27. The van der Waals surface area contributed by atoms with Crippen LogP contribution in [0, 0.1) is 5.92 Å². The van der Waals surface area contributed by atoms with E-state index in [1.54, 1.807) is 7.11 Å². The van der Waals surface area contributed by atoms with Crippen molar-refractivity contribution >= 4 is 5.78 Å². The lowest BCUT2D eigenvalue weighted by atomic mass is 10.1. The van der Waals surface area contributed by atoms with Gasteiger partial charge in [0.15, 0.2) is 0 Å². The van der Waals surface area contributed by atoms with Crippen molar-refractivity contribution in [3.05, 3.63) is 35.9 Å². The average molecular weight is 236 g/mol. The smallest absolute Gasteiger partial charge is 0.138 e. The summed E-state index contributed by atoms with van der Waals surface area (Å²) in [5.74, 6) is 0.225. The van der Waals surface area contributed by atoms with E-state index in [1.165, 1.54) is 5.56 Å². The maximum absolute atomic E-state index is 10.6. The van der Waals surface area contributed by atoms with Gasteiger partial charge in [-0.2, -0.15) is 0 Å². The van der Waals surface area contributed by atoms with Crippen LogP contribution in [0.15, 0.2) is 30.3 Å². The molecule has 0 amide bonds. The molecular weight excluding hydrogens is 216 g/mol. The maximum Gasteiger partial charge on any atom is 0.138 e. The van der Waals surface area contributed by atoms with E-state index in [2.05, 4.69) is 0 Å². The Morgan fingerprint density at radius 1 is 1.35 bits per heavy atom. The van der Waals surface area contributed by atoms with Gasteiger partial charge in [0.05, 0.1) is 13.2 Å². The highest BCUT2D eigenvalue weighted by molar-refractivity contribution is 5.82. The van der Waals surface area contributed by atoms with Crippen LogP contribution in [0.2, 0.25) is 0 Å². The number of ether oxygens (including phenoxy) is 1. The molecule has 1 unspecified atom stereocenters. The standard InChI is InChI=1S/C8H10O.C6H10O2/c1-9-7-8-5-3-2-4-6-8;7-4-5-2-1-3-6(5)8/h2-6H,7H2,1H3;5,7H,1-4H2. The third-order valence-corrected chi connectivity index (χ3v) is 2.81. The highest BCUT2D eigenvalue weighted by atomic mass is 16.5. The minimum atomic E-state index is -0.0185. The molecule has 3 nitrogen and oxygen atoms in total. The molecule has 0 heterocycles. The van der Waals surface area contributed by atoms with Crippen molar-refractivity contribution in [2.45, 2.75) is 25.9 Å². The largest absolute Gasteiger partial charge is 0.396 e. The van der Waals surface area contributed by atoms with Gasteiger partial charge < -0.3 is 9.84 Å². The third kappa shape index (κ3) is 5.11. The summed E-state index contributed by atoms with van der Waals surface area (Å²) >= 11 is 0. The molecule has 1 aromatic rings. The quantitative estimate of drug-likeness (QED) is 0.875. The van der Waals surface area contributed by atoms with Crippen LogP contribution in [0.5, 0.6) is 0 Å². The van der Waals surface area contributed by atoms with Gasteiger partial charge in [-0.3, -0.25) is 4.79 Å². The van der Waals surface area contributed by atoms with E-state index in [0.29, 0.717) is 13.0 Å². The number of Topliss-reactive ketones (excluding diaryl/α,β-unsaturated/α-hetero) is 1. The Morgan fingerprint density at radius 3 is 2.47 bits per heavy atom. The van der Waals surface area contributed by atoms with Gasteiger partial charge in [-0.15, -0.1) is 0 Å². The molecule has 0 aromatic heterocycles. The van der Waals surface area contributed by atoms with Crippen molar-refractivity contribution in [2.24, 2.45) is 5.92 Å². The van der Waals surface area contributed by atoms with Crippen LogP contribution < -0.4 is 0 Å². The molecule has 1 atom stereocenters. The van der Waals surface area contributed by atoms with Crippen LogP contribution in [-0.2, 0) is 16.1 Å². The number of carbonyl (C=O) groups excluding carboxylic acids is 1. The Morgan fingerprint density at radius 2 is 2.06 bits per heavy atom. The summed E-state index contributed by atoms with van der Waals surface area (Å²) in [4.78, 5) is 10.6. The first kappa shape index (κ1) is 13.9. The monoisotopic (exact) mass is 236 g/mol. The zero-order valence-electron chi connectivity index (χ0n) is 10.3. The lowest BCUT2D eigenvalue weighted by Crippen LogP contribution is -2.09. The normalized spacial score (nSPS) is 18.7. The van der Waals surface area contributed by atoms with E-state index in [0.717, 1.165) is 12.8 Å². The predicted molar refractivity (Wildman–Crippen MR) is 66.6 cm³/mol. The number of hydrogen-bond donors (Lipinski definition) is 1. The minimum Gasteiger partial charge on any atom is -0.396 e. The molecule has 1 N–H and O–H groups in total. The number of hydrogen-bond acceptors (Lipinski definition) is 3. The van der Waals surface area contributed by atoms with E-state index in [4.69, 9.17) is 9.84 Å². The lowest BCUT2D eigenvalue weighted by Gasteiger charge is -1.98. The molecule has 0 radical (unpaired) electrons. The van der Waals surface area contributed by atoms with Gasteiger partial charge in [-0.25, -0.2) is 0 Å². The summed E-state index contributed by atoms with van der Waals surface area (Å²) in [7, 11) is 1.70. The fourth-order valence-corrected chi connectivity index (χ4v) is 1.82. The number of methoxy groups -OCH3 is 1. The Kier molecular flexibility index (Phi) is 6.51. The first-order valence-corrected chi connectivity index (χ1v) is 5.94. The molecule has 0 aliphatic heterocycles. The van der Waals surface area contributed by atoms with Gasteiger partial charge in [0, 0.05) is 19.4 Å². The number of carbonyl (C=O) groups is 1. The lowest BCUT2D eigenvalue weighted by molar-refractivity contribution is -0.121. The van der Waals surface area contributed by atoms with Crippen molar-refractivity contribution < 1.29 is 14.6 Å². The van der Waals surface area contributed by atoms with E-state index >= 15 is 0 Å². The van der Waals surface area contributed by atoms with Gasteiger partial charge in [0.25, 0.3) is 0 Å². The second-order valence-electron chi connectivity index (χ2n) is 4.16. The van der Waals surface area contributed by atoms with Gasteiger partial charge in [0.2, 0.25) is 0 Å². The summed E-state index contributed by atoms with van der Waals surface area (Å²) < 4.78 is 4.93. The molecular formula is C14H20O3. The van der Waals surface area contributed by atoms with Crippen LogP contribution in [0.1, 0.15) is 24.8 Å². The Balaban J connectivity index is 0.000000171. The van der Waals surface area contributed by atoms with E-state index in [9.17, 15) is 4.79 Å². The van der Waals surface area contributed by atoms with Crippen LogP contribution in [0.3, 0.4) is 0 Å². The molecule has 1 aromatic carbocycles. The first-order valence-electron chi connectivity index (χ1n) is 5.94. The number of aliphatic hydroxyl groups excluding tert-OH is 1. The average Bonchev–Trinajstić information content (AvgIpc) is 2.77. The third-order valence-electron chi connectivity index (χ3n) is 2.81. The van der Waals surface area contributed by atoms with Crippen LogP contribution in [0.4, 0.5) is 0 Å². The number of ketones is 1. The van der Waals surface area contributed by atoms with E-state index in [1.807, 2.05) is 30.3 Å². The summed E-state index contributed by atoms with van der Waals surface area (Å²) in [6.07, 6.45) is 2.56. The topological polar surface area (TPSA) is 46.5 Å². The maximum atomic E-state index is 10.6. The van der Waals surface area contributed by atoms with Crippen molar-refractivity contribution in [3.8, 4) is 0 Å². The highest BCUT2D eigenvalue weighted by Crippen LogP contribution is 2.19. The molecule has 1 aliphatic rings. The molecule has 1 saturated carbocycles. The summed E-state index contributed by atoms with van der Waals surface area (Å²) in [6, 6.07) is 10.1. The van der Waals surface area contributed by atoms with Crippen molar-refractivity contribution in [1.29, 1.82) is 0 Å². The Hall–Kier alpha value is -1.19. The van der Waals surface area contributed by atoms with Gasteiger partial charge in [-0.1, -0.05) is 30.3 Å². The molecule has 2 rings (SSSR count). The fraction of sp³-hybridized carbons (Fsp3) is 0.500. The van der Waals surface area contributed by atoms with Gasteiger partial charge in [0.1, 0.15) is 5.78 Å².